The van der Waals surface area contributed by atoms with Crippen molar-refractivity contribution in [1.29, 1.82) is 0 Å². The molecule has 0 aliphatic rings. The van der Waals surface area contributed by atoms with E-state index in [1.807, 2.05) is 0 Å². The van der Waals surface area contributed by atoms with Crippen LogP contribution in [0.5, 0.6) is 0 Å². The maximum Gasteiger partial charge on any atom is 0.338 e. The van der Waals surface area contributed by atoms with Gasteiger partial charge < -0.3 is 5.11 Å². The molecule has 0 heterocycles. The van der Waals surface area contributed by atoms with Gasteiger partial charge in [0.1, 0.15) is 11.6 Å². The first-order chi connectivity index (χ1) is 6.43. The van der Waals surface area contributed by atoms with Crippen molar-refractivity contribution < 1.29 is 27.5 Å². The molecule has 1 aromatic rings. The highest BCUT2D eigenvalue weighted by Gasteiger charge is 2.20. The van der Waals surface area contributed by atoms with Crippen molar-refractivity contribution in [2.75, 3.05) is 0 Å². The van der Waals surface area contributed by atoms with E-state index in [1.54, 1.807) is 0 Å². The number of halogens is 4. The third kappa shape index (κ3) is 1.84. The standard InChI is InChI=1S/C8H4F4O2/c9-5-2-6(10)4(8(13)14)1-3(5)7(11)12/h1-2,7H,(H,13,14). The SMILES string of the molecule is O=C(O)c1cc(C(F)F)c(F)cc1F. The zero-order valence-corrected chi connectivity index (χ0v) is 6.60. The third-order valence-electron chi connectivity index (χ3n) is 1.55. The van der Waals surface area contributed by atoms with Gasteiger partial charge in [-0.2, -0.15) is 0 Å². The Balaban J connectivity index is 3.34. The number of hydrogen-bond donors (Lipinski definition) is 1. The van der Waals surface area contributed by atoms with Gasteiger partial charge in [-0.25, -0.2) is 22.4 Å². The number of rotatable bonds is 2. The Bertz CT molecular complexity index is 376. The average molecular weight is 208 g/mol. The highest BCUT2D eigenvalue weighted by Crippen LogP contribution is 2.24. The minimum absolute atomic E-state index is 0.130. The first kappa shape index (κ1) is 10.5. The molecule has 0 unspecified atom stereocenters. The van der Waals surface area contributed by atoms with Gasteiger partial charge in [-0.1, -0.05) is 0 Å². The Morgan fingerprint density at radius 2 is 1.79 bits per heavy atom. The lowest BCUT2D eigenvalue weighted by Crippen LogP contribution is -2.04. The summed E-state index contributed by atoms with van der Waals surface area (Å²) < 4.78 is 49.4. The molecule has 0 saturated carbocycles. The van der Waals surface area contributed by atoms with Crippen LogP contribution in [0.2, 0.25) is 0 Å². The van der Waals surface area contributed by atoms with E-state index in [9.17, 15) is 22.4 Å². The smallest absolute Gasteiger partial charge is 0.338 e. The number of alkyl halides is 2. The van der Waals surface area contributed by atoms with Crippen LogP contribution in [0, 0.1) is 11.6 Å². The quantitative estimate of drug-likeness (QED) is 0.758. The summed E-state index contributed by atoms with van der Waals surface area (Å²) in [5, 5.41) is 8.36. The highest BCUT2D eigenvalue weighted by molar-refractivity contribution is 5.88. The fourth-order valence-corrected chi connectivity index (χ4v) is 0.897. The van der Waals surface area contributed by atoms with E-state index < -0.39 is 35.2 Å². The van der Waals surface area contributed by atoms with Gasteiger partial charge in [-0.15, -0.1) is 0 Å². The Morgan fingerprint density at radius 3 is 2.21 bits per heavy atom. The summed E-state index contributed by atoms with van der Waals surface area (Å²) in [6.45, 7) is 0. The lowest BCUT2D eigenvalue weighted by molar-refractivity contribution is 0.0691. The maximum atomic E-state index is 12.7. The lowest BCUT2D eigenvalue weighted by atomic mass is 10.1. The lowest BCUT2D eigenvalue weighted by Gasteiger charge is -2.04. The van der Waals surface area contributed by atoms with Crippen LogP contribution in [0.1, 0.15) is 22.3 Å². The van der Waals surface area contributed by atoms with Crippen LogP contribution in [-0.4, -0.2) is 11.1 Å². The van der Waals surface area contributed by atoms with Crippen LogP contribution in [0.3, 0.4) is 0 Å². The molecular formula is C8H4F4O2. The molecule has 0 atom stereocenters. The van der Waals surface area contributed by atoms with Crippen molar-refractivity contribution in [3.8, 4) is 0 Å². The van der Waals surface area contributed by atoms with E-state index in [4.69, 9.17) is 5.11 Å². The van der Waals surface area contributed by atoms with E-state index in [2.05, 4.69) is 0 Å². The van der Waals surface area contributed by atoms with Gasteiger partial charge in [0.2, 0.25) is 0 Å². The van der Waals surface area contributed by atoms with E-state index in [0.29, 0.717) is 0 Å². The third-order valence-corrected chi connectivity index (χ3v) is 1.55. The van der Waals surface area contributed by atoms with E-state index >= 15 is 0 Å². The number of benzene rings is 1. The number of aromatic carboxylic acids is 1. The van der Waals surface area contributed by atoms with Gasteiger partial charge in [-0.05, 0) is 6.07 Å². The summed E-state index contributed by atoms with van der Waals surface area (Å²) in [4.78, 5) is 10.3. The van der Waals surface area contributed by atoms with Crippen molar-refractivity contribution in [3.05, 3.63) is 34.9 Å². The number of hydrogen-bond acceptors (Lipinski definition) is 1. The molecule has 0 bridgehead atoms. The summed E-state index contributed by atoms with van der Waals surface area (Å²) >= 11 is 0. The van der Waals surface area contributed by atoms with E-state index in [0.717, 1.165) is 0 Å². The Morgan fingerprint density at radius 1 is 1.21 bits per heavy atom. The Hall–Kier alpha value is -1.59. The molecule has 0 amide bonds. The van der Waals surface area contributed by atoms with Gasteiger partial charge in [0.05, 0.1) is 11.1 Å². The molecule has 0 saturated heterocycles. The second-order valence-electron chi connectivity index (χ2n) is 2.46. The van der Waals surface area contributed by atoms with Crippen LogP contribution in [-0.2, 0) is 0 Å². The zero-order chi connectivity index (χ0) is 10.9. The van der Waals surface area contributed by atoms with Gasteiger partial charge in [0.25, 0.3) is 6.43 Å². The van der Waals surface area contributed by atoms with Crippen molar-refractivity contribution in [2.24, 2.45) is 0 Å². The minimum atomic E-state index is -3.17. The predicted molar refractivity (Wildman–Crippen MR) is 38.3 cm³/mol. The number of carboxylic acid groups (broad SMARTS) is 1. The fourth-order valence-electron chi connectivity index (χ4n) is 0.897. The second kappa shape index (κ2) is 3.65. The average Bonchev–Trinajstić information content (AvgIpc) is 2.02. The van der Waals surface area contributed by atoms with Crippen LogP contribution in [0.25, 0.3) is 0 Å². The van der Waals surface area contributed by atoms with Gasteiger partial charge in [0, 0.05) is 6.07 Å². The van der Waals surface area contributed by atoms with Crippen LogP contribution in [0.4, 0.5) is 17.6 Å². The predicted octanol–water partition coefficient (Wildman–Crippen LogP) is 2.60. The summed E-state index contributed by atoms with van der Waals surface area (Å²) in [7, 11) is 0. The van der Waals surface area contributed by atoms with Gasteiger partial charge in [0.15, 0.2) is 0 Å². The van der Waals surface area contributed by atoms with Crippen molar-refractivity contribution in [2.45, 2.75) is 6.43 Å². The molecule has 14 heavy (non-hydrogen) atoms. The monoisotopic (exact) mass is 208 g/mol. The molecule has 0 aliphatic heterocycles. The largest absolute Gasteiger partial charge is 0.478 e. The normalized spacial score (nSPS) is 10.6. The topological polar surface area (TPSA) is 37.3 Å². The molecule has 0 radical (unpaired) electrons. The molecule has 1 N–H and O–H groups in total. The number of carbonyl (C=O) groups is 1. The molecule has 2 nitrogen and oxygen atoms in total. The van der Waals surface area contributed by atoms with Crippen molar-refractivity contribution >= 4 is 5.97 Å². The first-order valence-corrected chi connectivity index (χ1v) is 3.44. The molecular weight excluding hydrogens is 204 g/mol. The second-order valence-corrected chi connectivity index (χ2v) is 2.46. The molecule has 0 aromatic heterocycles. The van der Waals surface area contributed by atoms with Crippen molar-refractivity contribution in [3.63, 3.8) is 0 Å². The highest BCUT2D eigenvalue weighted by atomic mass is 19.3. The van der Waals surface area contributed by atoms with Crippen LogP contribution >= 0.6 is 0 Å². The van der Waals surface area contributed by atoms with Crippen molar-refractivity contribution in [1.82, 2.24) is 0 Å². The summed E-state index contributed by atoms with van der Waals surface area (Å²) in [5.74, 6) is -4.55. The molecule has 76 valence electrons. The summed E-state index contributed by atoms with van der Waals surface area (Å²) in [6.07, 6.45) is -3.17. The molecule has 1 rings (SSSR count). The van der Waals surface area contributed by atoms with Crippen LogP contribution in [0.15, 0.2) is 12.1 Å². The molecule has 0 aliphatic carbocycles. The molecule has 0 fully saturated rings. The van der Waals surface area contributed by atoms with Gasteiger partial charge >= 0.3 is 5.97 Å². The summed E-state index contributed by atoms with van der Waals surface area (Å²) in [6, 6.07) is 0.419. The molecule has 1 aromatic carbocycles. The first-order valence-electron chi connectivity index (χ1n) is 3.44. The molecule has 0 spiro atoms. The Labute approximate surface area is 75.8 Å². The summed E-state index contributed by atoms with van der Waals surface area (Å²) in [5.41, 5.74) is -2.09. The van der Waals surface area contributed by atoms with E-state index in [1.165, 1.54) is 0 Å². The van der Waals surface area contributed by atoms with Crippen LogP contribution < -0.4 is 0 Å². The van der Waals surface area contributed by atoms with Gasteiger partial charge in [-0.3, -0.25) is 0 Å². The van der Waals surface area contributed by atoms with E-state index in [-0.39, 0.29) is 12.1 Å². The fraction of sp³-hybridized carbons (Fsp3) is 0.125. The Kier molecular flexibility index (Phi) is 2.73. The number of carboxylic acids is 1. The minimum Gasteiger partial charge on any atom is -0.478 e. The molecule has 6 heteroatoms. The zero-order valence-electron chi connectivity index (χ0n) is 6.60. The maximum absolute atomic E-state index is 12.7.